The van der Waals surface area contributed by atoms with Crippen LogP contribution in [0.2, 0.25) is 0 Å². The monoisotopic (exact) mass is 408 g/mol. The van der Waals surface area contributed by atoms with Crippen molar-refractivity contribution in [3.05, 3.63) is 54.4 Å². The van der Waals surface area contributed by atoms with Gasteiger partial charge in [0, 0.05) is 32.1 Å². The molecular weight excluding hydrogens is 372 g/mol. The first-order valence-corrected chi connectivity index (χ1v) is 10.9. The van der Waals surface area contributed by atoms with Gasteiger partial charge in [-0.1, -0.05) is 56.7 Å². The molecule has 1 atom stereocenters. The first-order valence-electron chi connectivity index (χ1n) is 10.9. The molecule has 1 aromatic heterocycles. The summed E-state index contributed by atoms with van der Waals surface area (Å²) in [6, 6.07) is 2.40. The lowest BCUT2D eigenvalue weighted by molar-refractivity contribution is 0.460. The highest BCUT2D eigenvalue weighted by atomic mass is 15.4. The number of anilines is 1. The molecule has 2 N–H and O–H groups in total. The second-order valence-electron chi connectivity index (χ2n) is 7.56. The maximum Gasteiger partial charge on any atom is 0.160 e. The van der Waals surface area contributed by atoms with Crippen LogP contribution in [0.1, 0.15) is 58.7 Å². The third-order valence-corrected chi connectivity index (χ3v) is 4.91. The Kier molecular flexibility index (Phi) is 10.0. The Hall–Kier alpha value is -2.73. The highest BCUT2D eigenvalue weighted by Crippen LogP contribution is 2.20. The minimum absolute atomic E-state index is 0.441. The summed E-state index contributed by atoms with van der Waals surface area (Å²) in [6.45, 7) is 11.1. The summed E-state index contributed by atoms with van der Waals surface area (Å²) in [5.74, 6) is 3.12. The lowest BCUT2D eigenvalue weighted by Gasteiger charge is -2.23. The van der Waals surface area contributed by atoms with Crippen LogP contribution in [0.25, 0.3) is 6.08 Å². The number of nitrogens with zero attached hydrogens (tertiary/aromatic N) is 4. The third-order valence-electron chi connectivity index (χ3n) is 4.91. The Balaban J connectivity index is 2.30. The van der Waals surface area contributed by atoms with Crippen molar-refractivity contribution in [3.8, 4) is 0 Å². The van der Waals surface area contributed by atoms with Crippen molar-refractivity contribution in [1.29, 1.82) is 0 Å². The predicted octanol–water partition coefficient (Wildman–Crippen LogP) is 5.11. The zero-order valence-corrected chi connectivity index (χ0v) is 18.9. The van der Waals surface area contributed by atoms with E-state index in [0.29, 0.717) is 17.7 Å². The van der Waals surface area contributed by atoms with E-state index in [1.165, 1.54) is 12.8 Å². The number of hydrogen-bond donors (Lipinski definition) is 2. The molecule has 6 heteroatoms. The normalized spacial score (nSPS) is 18.9. The summed E-state index contributed by atoms with van der Waals surface area (Å²) in [4.78, 5) is 16.3. The van der Waals surface area contributed by atoms with Gasteiger partial charge in [0.15, 0.2) is 11.6 Å². The van der Waals surface area contributed by atoms with Crippen molar-refractivity contribution in [3.63, 3.8) is 0 Å². The van der Waals surface area contributed by atoms with E-state index < -0.39 is 0 Å². The zero-order valence-electron chi connectivity index (χ0n) is 18.9. The third kappa shape index (κ3) is 7.95. The van der Waals surface area contributed by atoms with Gasteiger partial charge in [0.25, 0.3) is 0 Å². The molecule has 0 spiro atoms. The van der Waals surface area contributed by atoms with E-state index in [2.05, 4.69) is 48.2 Å². The van der Waals surface area contributed by atoms with Gasteiger partial charge >= 0.3 is 0 Å². The molecule has 0 saturated carbocycles. The zero-order chi connectivity index (χ0) is 21.8. The van der Waals surface area contributed by atoms with Crippen molar-refractivity contribution in [2.24, 2.45) is 4.99 Å². The fraction of sp³-hybridized carbons (Fsp3) is 0.458. The second kappa shape index (κ2) is 12.8. The molecule has 2 heterocycles. The first kappa shape index (κ1) is 23.5. The molecule has 2 rings (SSSR count). The smallest absolute Gasteiger partial charge is 0.160 e. The van der Waals surface area contributed by atoms with E-state index in [-0.39, 0.29) is 0 Å². The summed E-state index contributed by atoms with van der Waals surface area (Å²) in [6.07, 6.45) is 17.2. The average Bonchev–Trinajstić information content (AvgIpc) is 2.75. The van der Waals surface area contributed by atoms with E-state index in [4.69, 9.17) is 9.98 Å². The van der Waals surface area contributed by atoms with Gasteiger partial charge in [-0.25, -0.2) is 20.4 Å². The summed E-state index contributed by atoms with van der Waals surface area (Å²) >= 11 is 0. The highest BCUT2D eigenvalue weighted by molar-refractivity contribution is 5.84. The van der Waals surface area contributed by atoms with Gasteiger partial charge in [0.2, 0.25) is 0 Å². The maximum atomic E-state index is 4.75. The molecule has 1 saturated heterocycles. The molecule has 0 bridgehead atoms. The van der Waals surface area contributed by atoms with Crippen molar-refractivity contribution >= 4 is 23.5 Å². The molecule has 162 valence electrons. The van der Waals surface area contributed by atoms with Gasteiger partial charge in [0.1, 0.15) is 11.7 Å². The summed E-state index contributed by atoms with van der Waals surface area (Å²) in [7, 11) is 2.08. The van der Waals surface area contributed by atoms with Crippen molar-refractivity contribution in [2.75, 3.05) is 18.5 Å². The van der Waals surface area contributed by atoms with Crippen LogP contribution >= 0.6 is 0 Å². The van der Waals surface area contributed by atoms with Crippen molar-refractivity contribution in [1.82, 2.24) is 20.8 Å². The Morgan fingerprint density at radius 2 is 2.17 bits per heavy atom. The van der Waals surface area contributed by atoms with Gasteiger partial charge in [-0.2, -0.15) is 0 Å². The Bertz CT molecular complexity index is 796. The molecule has 30 heavy (non-hydrogen) atoms. The van der Waals surface area contributed by atoms with E-state index in [0.717, 1.165) is 43.0 Å². The van der Waals surface area contributed by atoms with Gasteiger partial charge in [-0.05, 0) is 38.3 Å². The molecule has 0 amide bonds. The van der Waals surface area contributed by atoms with E-state index in [1.807, 2.05) is 43.4 Å². The predicted molar refractivity (Wildman–Crippen MR) is 129 cm³/mol. The van der Waals surface area contributed by atoms with E-state index in [1.54, 1.807) is 6.08 Å². The van der Waals surface area contributed by atoms with Gasteiger partial charge in [0.05, 0.1) is 0 Å². The number of hydrazine groups is 1. The molecule has 6 nitrogen and oxygen atoms in total. The van der Waals surface area contributed by atoms with Crippen molar-refractivity contribution in [2.45, 2.75) is 58.9 Å². The lowest BCUT2D eigenvalue weighted by atomic mass is 10.1. The molecular formula is C24H36N6. The lowest BCUT2D eigenvalue weighted by Crippen LogP contribution is -2.47. The minimum atomic E-state index is 0.441. The van der Waals surface area contributed by atoms with Crippen LogP contribution < -0.4 is 15.8 Å². The topological polar surface area (TPSA) is 65.4 Å². The SMILES string of the molecule is C=C\C=C/C(/C=C/c1nc(/N=C2\CCC(C)NN2)cc(N(C)CCCCC)n1)=C\C. The van der Waals surface area contributed by atoms with Crippen LogP contribution in [0, 0.1) is 0 Å². The van der Waals surface area contributed by atoms with E-state index in [9.17, 15) is 0 Å². The van der Waals surface area contributed by atoms with Gasteiger partial charge in [-0.15, -0.1) is 0 Å². The van der Waals surface area contributed by atoms with Gasteiger partial charge < -0.3 is 10.3 Å². The first-order chi connectivity index (χ1) is 14.5. The molecule has 1 unspecified atom stereocenters. The quantitative estimate of drug-likeness (QED) is 0.416. The molecule has 0 aliphatic carbocycles. The van der Waals surface area contributed by atoms with E-state index >= 15 is 0 Å². The highest BCUT2D eigenvalue weighted by Gasteiger charge is 2.13. The number of aromatic nitrogens is 2. The number of amidine groups is 1. The van der Waals surface area contributed by atoms with Crippen LogP contribution in [0.5, 0.6) is 0 Å². The molecule has 1 aromatic rings. The number of rotatable bonds is 10. The van der Waals surface area contributed by atoms with Crippen LogP contribution in [-0.4, -0.2) is 35.4 Å². The molecule has 1 fully saturated rings. The molecule has 0 aromatic carbocycles. The van der Waals surface area contributed by atoms with Crippen LogP contribution in [0.4, 0.5) is 11.6 Å². The summed E-state index contributed by atoms with van der Waals surface area (Å²) in [5, 5.41) is 0. The largest absolute Gasteiger partial charge is 0.359 e. The Morgan fingerprint density at radius 3 is 2.83 bits per heavy atom. The van der Waals surface area contributed by atoms with Crippen LogP contribution in [0.15, 0.2) is 53.6 Å². The molecule has 0 radical (unpaired) electrons. The van der Waals surface area contributed by atoms with Crippen LogP contribution in [-0.2, 0) is 0 Å². The number of unbranched alkanes of at least 4 members (excludes halogenated alkanes) is 2. The number of hydrogen-bond acceptors (Lipinski definition) is 5. The summed E-state index contributed by atoms with van der Waals surface area (Å²) < 4.78 is 0. The number of aliphatic imine (C=N–C) groups is 1. The second-order valence-corrected chi connectivity index (χ2v) is 7.56. The minimum Gasteiger partial charge on any atom is -0.359 e. The maximum absolute atomic E-state index is 4.75. The fourth-order valence-corrected chi connectivity index (χ4v) is 3.00. The summed E-state index contributed by atoms with van der Waals surface area (Å²) in [5.41, 5.74) is 7.49. The standard InChI is InChI=1S/C24H36N6/c1-6-9-11-17-30(5)24-18-23(26-22-15-13-19(4)28-29-22)25-21(27-24)16-14-20(8-3)12-10-7-2/h7-8,10,12,14,16,18-19,28H,2,6,9,11,13,15,17H2,1,3-5H3,(H,25,26,27,29)/b12-10-,16-14+,20-8+. The Morgan fingerprint density at radius 1 is 1.33 bits per heavy atom. The number of nitrogens with one attached hydrogen (secondary N) is 2. The number of allylic oxidation sites excluding steroid dienone is 6. The van der Waals surface area contributed by atoms with Crippen LogP contribution in [0.3, 0.4) is 0 Å². The van der Waals surface area contributed by atoms with Crippen molar-refractivity contribution < 1.29 is 0 Å². The Labute approximate surface area is 181 Å². The molecule has 1 aliphatic heterocycles. The average molecular weight is 409 g/mol. The van der Waals surface area contributed by atoms with Gasteiger partial charge in [-0.3, -0.25) is 0 Å². The fourth-order valence-electron chi connectivity index (χ4n) is 3.00. The molecule has 1 aliphatic rings.